The number of imide groups is 1. The van der Waals surface area contributed by atoms with E-state index in [4.69, 9.17) is 14.2 Å². The standard InChI is InChI=1S/C27H38N4O6/c1-35-14-13-30(17-20-5-4-12-29-11-3-2-6-22(20)29)25(32)10-8-21-26(33)31(27(34)28-21)16-19-7-9-23-24(15-19)37-18-36-23/h7,9,15,20-22H,2-6,8,10-14,16-18H2,1H3,(H,28,34). The average molecular weight is 515 g/mol. The van der Waals surface area contributed by atoms with Gasteiger partial charge in [-0.15, -0.1) is 0 Å². The summed E-state index contributed by atoms with van der Waals surface area (Å²) in [6.07, 6.45) is 6.54. The van der Waals surface area contributed by atoms with Crippen LogP contribution < -0.4 is 14.8 Å². The third-order valence-electron chi connectivity index (χ3n) is 8.13. The lowest BCUT2D eigenvalue weighted by Crippen LogP contribution is -2.52. The fourth-order valence-electron chi connectivity index (χ4n) is 6.16. The number of hydrogen-bond donors (Lipinski definition) is 1. The van der Waals surface area contributed by atoms with E-state index in [1.165, 1.54) is 43.7 Å². The molecule has 4 aliphatic rings. The van der Waals surface area contributed by atoms with Crippen molar-refractivity contribution in [2.45, 2.75) is 63.6 Å². The summed E-state index contributed by atoms with van der Waals surface area (Å²) in [6, 6.07) is 4.80. The van der Waals surface area contributed by atoms with Gasteiger partial charge in [-0.2, -0.15) is 0 Å². The maximum Gasteiger partial charge on any atom is 0.325 e. The molecular formula is C27H38N4O6. The fraction of sp³-hybridized carbons (Fsp3) is 0.667. The van der Waals surface area contributed by atoms with Crippen molar-refractivity contribution in [1.29, 1.82) is 0 Å². The summed E-state index contributed by atoms with van der Waals surface area (Å²) in [4.78, 5) is 44.6. The first-order valence-electron chi connectivity index (χ1n) is 13.5. The number of urea groups is 1. The second kappa shape index (κ2) is 11.7. The van der Waals surface area contributed by atoms with Crippen molar-refractivity contribution in [3.63, 3.8) is 0 Å². The molecule has 4 heterocycles. The molecule has 37 heavy (non-hydrogen) atoms. The summed E-state index contributed by atoms with van der Waals surface area (Å²) in [5.41, 5.74) is 0.777. The van der Waals surface area contributed by atoms with Gasteiger partial charge in [0.25, 0.3) is 5.91 Å². The van der Waals surface area contributed by atoms with Crippen LogP contribution in [0.5, 0.6) is 11.5 Å². The van der Waals surface area contributed by atoms with Crippen LogP contribution in [-0.2, 0) is 20.9 Å². The molecule has 10 heteroatoms. The van der Waals surface area contributed by atoms with Crippen LogP contribution in [0, 0.1) is 5.92 Å². The molecule has 1 aromatic rings. The van der Waals surface area contributed by atoms with Crippen molar-refractivity contribution in [2.24, 2.45) is 5.92 Å². The molecule has 3 saturated heterocycles. The van der Waals surface area contributed by atoms with Crippen LogP contribution in [-0.4, -0.2) is 91.3 Å². The number of nitrogens with zero attached hydrogens (tertiary/aromatic N) is 3. The molecule has 4 aliphatic heterocycles. The molecule has 1 aromatic carbocycles. The van der Waals surface area contributed by atoms with Crippen molar-refractivity contribution in [2.75, 3.05) is 46.7 Å². The van der Waals surface area contributed by atoms with E-state index in [1.54, 1.807) is 19.2 Å². The molecule has 0 saturated carbocycles. The topological polar surface area (TPSA) is 101 Å². The molecule has 0 spiro atoms. The SMILES string of the molecule is COCCN(CC1CCCN2CCCCC12)C(=O)CCC1NC(=O)N(Cc2ccc3c(c2)OCO3)C1=O. The Kier molecular flexibility index (Phi) is 8.14. The maximum absolute atomic E-state index is 13.3. The number of rotatable bonds is 10. The number of carbonyl (C=O) groups excluding carboxylic acids is 3. The quantitative estimate of drug-likeness (QED) is 0.479. The van der Waals surface area contributed by atoms with Gasteiger partial charge in [0, 0.05) is 32.7 Å². The van der Waals surface area contributed by atoms with Gasteiger partial charge in [0.2, 0.25) is 12.7 Å². The Morgan fingerprint density at radius 3 is 2.84 bits per heavy atom. The Morgan fingerprint density at radius 1 is 1.14 bits per heavy atom. The molecule has 4 amide bonds. The summed E-state index contributed by atoms with van der Waals surface area (Å²) in [5.74, 6) is 1.45. The van der Waals surface area contributed by atoms with E-state index in [9.17, 15) is 14.4 Å². The zero-order chi connectivity index (χ0) is 25.8. The zero-order valence-corrected chi connectivity index (χ0v) is 21.7. The van der Waals surface area contributed by atoms with Crippen LogP contribution in [0.25, 0.3) is 0 Å². The summed E-state index contributed by atoms with van der Waals surface area (Å²) in [5, 5.41) is 2.76. The van der Waals surface area contributed by atoms with Crippen molar-refractivity contribution in [3.8, 4) is 11.5 Å². The van der Waals surface area contributed by atoms with Gasteiger partial charge < -0.3 is 29.3 Å². The fourth-order valence-corrected chi connectivity index (χ4v) is 6.16. The summed E-state index contributed by atoms with van der Waals surface area (Å²) in [7, 11) is 1.65. The first-order valence-corrected chi connectivity index (χ1v) is 13.5. The van der Waals surface area contributed by atoms with Crippen LogP contribution in [0.15, 0.2) is 18.2 Å². The minimum Gasteiger partial charge on any atom is -0.454 e. The Labute approximate surface area is 218 Å². The molecule has 10 nitrogen and oxygen atoms in total. The minimum absolute atomic E-state index is 0.0150. The van der Waals surface area contributed by atoms with E-state index < -0.39 is 12.1 Å². The summed E-state index contributed by atoms with van der Waals surface area (Å²) < 4.78 is 16.0. The van der Waals surface area contributed by atoms with Gasteiger partial charge in [-0.05, 0) is 68.8 Å². The predicted molar refractivity (Wildman–Crippen MR) is 135 cm³/mol. The molecule has 0 aromatic heterocycles. The number of fused-ring (bicyclic) bond motifs is 2. The van der Waals surface area contributed by atoms with Gasteiger partial charge in [0.15, 0.2) is 11.5 Å². The molecule has 0 bridgehead atoms. The van der Waals surface area contributed by atoms with Crippen LogP contribution in [0.3, 0.4) is 0 Å². The molecule has 0 radical (unpaired) electrons. The molecule has 202 valence electrons. The predicted octanol–water partition coefficient (Wildman–Crippen LogP) is 2.36. The van der Waals surface area contributed by atoms with Gasteiger partial charge in [-0.3, -0.25) is 14.5 Å². The van der Waals surface area contributed by atoms with Crippen molar-refractivity contribution in [3.05, 3.63) is 23.8 Å². The van der Waals surface area contributed by atoms with Crippen LogP contribution in [0.1, 0.15) is 50.5 Å². The Hall–Kier alpha value is -2.85. The van der Waals surface area contributed by atoms with Gasteiger partial charge in [-0.25, -0.2) is 4.79 Å². The summed E-state index contributed by atoms with van der Waals surface area (Å²) >= 11 is 0. The number of carbonyl (C=O) groups is 3. The number of methoxy groups -OCH3 is 1. The van der Waals surface area contributed by atoms with Gasteiger partial charge in [0.1, 0.15) is 6.04 Å². The second-order valence-corrected chi connectivity index (χ2v) is 10.5. The molecule has 5 rings (SSSR count). The van der Waals surface area contributed by atoms with Crippen LogP contribution in [0.2, 0.25) is 0 Å². The highest BCUT2D eigenvalue weighted by Crippen LogP contribution is 2.33. The molecule has 3 atom stereocenters. The molecule has 3 fully saturated rings. The van der Waals surface area contributed by atoms with Crippen molar-refractivity contribution >= 4 is 17.8 Å². The minimum atomic E-state index is -0.696. The zero-order valence-electron chi connectivity index (χ0n) is 21.7. The van der Waals surface area contributed by atoms with Gasteiger partial charge in [-0.1, -0.05) is 12.5 Å². The monoisotopic (exact) mass is 514 g/mol. The first kappa shape index (κ1) is 25.8. The van der Waals surface area contributed by atoms with E-state index in [0.717, 1.165) is 18.5 Å². The Bertz CT molecular complexity index is 1000. The van der Waals surface area contributed by atoms with E-state index in [0.29, 0.717) is 36.6 Å². The van der Waals surface area contributed by atoms with Crippen LogP contribution in [0.4, 0.5) is 4.79 Å². The highest BCUT2D eigenvalue weighted by molar-refractivity contribution is 6.04. The number of amides is 4. The molecular weight excluding hydrogens is 476 g/mol. The average Bonchev–Trinajstić information content (AvgIpc) is 3.49. The Balaban J connectivity index is 1.16. The second-order valence-electron chi connectivity index (χ2n) is 10.5. The smallest absolute Gasteiger partial charge is 0.325 e. The highest BCUT2D eigenvalue weighted by Gasteiger charge is 2.39. The molecule has 0 aliphatic carbocycles. The summed E-state index contributed by atoms with van der Waals surface area (Å²) in [6.45, 7) is 4.39. The van der Waals surface area contributed by atoms with Crippen molar-refractivity contribution < 1.29 is 28.6 Å². The number of hydrogen-bond acceptors (Lipinski definition) is 7. The number of nitrogens with one attached hydrogen (secondary N) is 1. The lowest BCUT2D eigenvalue weighted by molar-refractivity contribution is -0.134. The largest absolute Gasteiger partial charge is 0.454 e. The molecule has 3 unspecified atom stereocenters. The number of piperidine rings is 2. The Morgan fingerprint density at radius 2 is 1.97 bits per heavy atom. The van der Waals surface area contributed by atoms with E-state index in [2.05, 4.69) is 10.2 Å². The van der Waals surface area contributed by atoms with Crippen LogP contribution >= 0.6 is 0 Å². The third kappa shape index (κ3) is 5.85. The molecule has 1 N–H and O–H groups in total. The number of benzene rings is 1. The lowest BCUT2D eigenvalue weighted by atomic mass is 9.83. The van der Waals surface area contributed by atoms with E-state index >= 15 is 0 Å². The highest BCUT2D eigenvalue weighted by atomic mass is 16.7. The van der Waals surface area contributed by atoms with Gasteiger partial charge >= 0.3 is 6.03 Å². The van der Waals surface area contributed by atoms with Crippen molar-refractivity contribution in [1.82, 2.24) is 20.0 Å². The lowest BCUT2D eigenvalue weighted by Gasteiger charge is -2.45. The number of ether oxygens (including phenoxy) is 3. The maximum atomic E-state index is 13.3. The third-order valence-corrected chi connectivity index (χ3v) is 8.13. The van der Waals surface area contributed by atoms with Gasteiger partial charge in [0.05, 0.1) is 13.2 Å². The first-order chi connectivity index (χ1) is 18.0. The van der Waals surface area contributed by atoms with E-state index in [-0.39, 0.29) is 38.0 Å². The normalized spacial score (nSPS) is 25.2. The van der Waals surface area contributed by atoms with E-state index in [1.807, 2.05) is 11.0 Å².